The minimum Gasteiger partial charge on any atom is -0.330 e. The fourth-order valence-electron chi connectivity index (χ4n) is 2.08. The Kier molecular flexibility index (Phi) is 4.47. The van der Waals surface area contributed by atoms with E-state index in [1.54, 1.807) is 12.1 Å². The van der Waals surface area contributed by atoms with E-state index in [9.17, 15) is 14.4 Å². The molecule has 0 saturated heterocycles. The molecule has 1 aliphatic rings. The van der Waals surface area contributed by atoms with E-state index in [0.717, 1.165) is 19.3 Å². The first-order valence-electron chi connectivity index (χ1n) is 6.61. The Labute approximate surface area is 116 Å². The molecule has 0 bridgehead atoms. The van der Waals surface area contributed by atoms with Crippen molar-refractivity contribution >= 4 is 23.4 Å². The van der Waals surface area contributed by atoms with Crippen molar-refractivity contribution in [3.63, 3.8) is 0 Å². The number of anilines is 1. The number of carbonyl (C=O) groups is 3. The summed E-state index contributed by atoms with van der Waals surface area (Å²) in [5.74, 6) is -0.930. The third kappa shape index (κ3) is 3.21. The topological polar surface area (TPSA) is 101 Å². The third-order valence-corrected chi connectivity index (χ3v) is 3.13. The molecule has 1 aromatic carbocycles. The van der Waals surface area contributed by atoms with Gasteiger partial charge in [-0.2, -0.15) is 0 Å². The summed E-state index contributed by atoms with van der Waals surface area (Å²) in [6, 6.07) is 4.68. The smallest absolute Gasteiger partial charge is 0.259 e. The van der Waals surface area contributed by atoms with Gasteiger partial charge in [-0.25, -0.2) is 0 Å². The lowest BCUT2D eigenvalue weighted by Crippen LogP contribution is -2.19. The van der Waals surface area contributed by atoms with Crippen molar-refractivity contribution in [2.45, 2.75) is 25.7 Å². The molecule has 0 aliphatic carbocycles. The van der Waals surface area contributed by atoms with Gasteiger partial charge in [0, 0.05) is 12.1 Å². The molecule has 4 N–H and O–H groups in total. The van der Waals surface area contributed by atoms with Crippen molar-refractivity contribution < 1.29 is 14.4 Å². The van der Waals surface area contributed by atoms with E-state index in [-0.39, 0.29) is 5.91 Å². The molecule has 106 valence electrons. The number of carbonyl (C=O) groups excluding carboxylic acids is 3. The minimum absolute atomic E-state index is 0.105. The summed E-state index contributed by atoms with van der Waals surface area (Å²) in [7, 11) is 0. The van der Waals surface area contributed by atoms with E-state index >= 15 is 0 Å². The predicted octanol–water partition coefficient (Wildman–Crippen LogP) is 1.03. The van der Waals surface area contributed by atoms with E-state index in [4.69, 9.17) is 5.73 Å². The molecule has 6 nitrogen and oxygen atoms in total. The fraction of sp³-hybridized carbons (Fsp3) is 0.357. The van der Waals surface area contributed by atoms with Gasteiger partial charge in [-0.15, -0.1) is 0 Å². The zero-order valence-corrected chi connectivity index (χ0v) is 11.1. The molecule has 20 heavy (non-hydrogen) atoms. The number of hydrogen-bond donors (Lipinski definition) is 3. The van der Waals surface area contributed by atoms with Crippen LogP contribution in [-0.2, 0) is 4.79 Å². The number of hydrogen-bond acceptors (Lipinski definition) is 4. The number of fused-ring (bicyclic) bond motifs is 1. The second-order valence-corrected chi connectivity index (χ2v) is 4.69. The Bertz CT molecular complexity index is 555. The Hall–Kier alpha value is -2.21. The number of imide groups is 1. The third-order valence-electron chi connectivity index (χ3n) is 3.13. The number of unbranched alkanes of at least 4 members (excludes halogenated alkanes) is 2. The summed E-state index contributed by atoms with van der Waals surface area (Å²) in [4.78, 5) is 34.6. The second kappa shape index (κ2) is 6.29. The summed E-state index contributed by atoms with van der Waals surface area (Å²) >= 11 is 0. The van der Waals surface area contributed by atoms with Crippen molar-refractivity contribution in [2.75, 3.05) is 11.9 Å². The summed E-state index contributed by atoms with van der Waals surface area (Å²) in [6.07, 6.45) is 3.04. The Morgan fingerprint density at radius 2 is 1.85 bits per heavy atom. The lowest BCUT2D eigenvalue weighted by molar-refractivity contribution is -0.116. The molecule has 0 saturated carbocycles. The van der Waals surface area contributed by atoms with Crippen LogP contribution in [0.25, 0.3) is 0 Å². The standard InChI is InChI=1S/C14H17N3O3/c15-7-3-1-2-4-12(18)16-9-5-6-10-11(8-9)14(20)17-13(10)19/h5-6,8H,1-4,7,15H2,(H,16,18)(H,17,19,20). The summed E-state index contributed by atoms with van der Waals surface area (Å²) in [5.41, 5.74) is 6.55. The molecule has 3 amide bonds. The molecular formula is C14H17N3O3. The van der Waals surface area contributed by atoms with E-state index in [1.165, 1.54) is 6.07 Å². The van der Waals surface area contributed by atoms with Crippen LogP contribution >= 0.6 is 0 Å². The first-order chi connectivity index (χ1) is 9.61. The Balaban J connectivity index is 1.94. The Morgan fingerprint density at radius 3 is 2.60 bits per heavy atom. The van der Waals surface area contributed by atoms with Gasteiger partial charge in [0.1, 0.15) is 0 Å². The van der Waals surface area contributed by atoms with E-state index < -0.39 is 11.8 Å². The molecule has 1 aliphatic heterocycles. The van der Waals surface area contributed by atoms with Crippen LogP contribution in [0, 0.1) is 0 Å². The normalized spacial score (nSPS) is 13.1. The average molecular weight is 275 g/mol. The van der Waals surface area contributed by atoms with Gasteiger partial charge in [0.25, 0.3) is 11.8 Å². The zero-order chi connectivity index (χ0) is 14.5. The fourth-order valence-corrected chi connectivity index (χ4v) is 2.08. The SMILES string of the molecule is NCCCCCC(=O)Nc1ccc2c(c1)C(=O)NC2=O. The van der Waals surface area contributed by atoms with Gasteiger partial charge in [0.05, 0.1) is 11.1 Å². The van der Waals surface area contributed by atoms with Gasteiger partial charge in [0.15, 0.2) is 0 Å². The van der Waals surface area contributed by atoms with Crippen molar-refractivity contribution in [3.05, 3.63) is 29.3 Å². The molecule has 1 heterocycles. The number of benzene rings is 1. The van der Waals surface area contributed by atoms with Gasteiger partial charge in [-0.1, -0.05) is 6.42 Å². The largest absolute Gasteiger partial charge is 0.330 e. The lowest BCUT2D eigenvalue weighted by Gasteiger charge is -2.06. The number of nitrogens with two attached hydrogens (primary N) is 1. The molecule has 1 aromatic rings. The van der Waals surface area contributed by atoms with Crippen LogP contribution in [0.2, 0.25) is 0 Å². The van der Waals surface area contributed by atoms with Gasteiger partial charge >= 0.3 is 0 Å². The van der Waals surface area contributed by atoms with Crippen LogP contribution in [0.5, 0.6) is 0 Å². The molecule has 6 heteroatoms. The molecule has 2 rings (SSSR count). The summed E-state index contributed by atoms with van der Waals surface area (Å²) in [5, 5.41) is 4.93. The van der Waals surface area contributed by atoms with Crippen LogP contribution in [0.15, 0.2) is 18.2 Å². The number of amides is 3. The van der Waals surface area contributed by atoms with Gasteiger partial charge in [0.2, 0.25) is 5.91 Å². The second-order valence-electron chi connectivity index (χ2n) is 4.69. The molecule has 0 atom stereocenters. The summed E-state index contributed by atoms with van der Waals surface area (Å²) in [6.45, 7) is 0.635. The predicted molar refractivity (Wildman–Crippen MR) is 74.4 cm³/mol. The van der Waals surface area contributed by atoms with Crippen LogP contribution < -0.4 is 16.4 Å². The highest BCUT2D eigenvalue weighted by molar-refractivity contribution is 6.22. The van der Waals surface area contributed by atoms with Gasteiger partial charge in [-0.3, -0.25) is 19.7 Å². The average Bonchev–Trinajstić information content (AvgIpc) is 2.70. The minimum atomic E-state index is -0.427. The molecular weight excluding hydrogens is 258 g/mol. The number of rotatable bonds is 6. The highest BCUT2D eigenvalue weighted by atomic mass is 16.2. The summed E-state index contributed by atoms with van der Waals surface area (Å²) < 4.78 is 0. The molecule has 0 radical (unpaired) electrons. The van der Waals surface area contributed by atoms with Crippen LogP contribution in [-0.4, -0.2) is 24.3 Å². The Morgan fingerprint density at radius 1 is 1.10 bits per heavy atom. The lowest BCUT2D eigenvalue weighted by atomic mass is 10.1. The quantitative estimate of drug-likeness (QED) is 0.533. The molecule has 0 unspecified atom stereocenters. The van der Waals surface area contributed by atoms with Crippen molar-refractivity contribution in [2.24, 2.45) is 5.73 Å². The van der Waals surface area contributed by atoms with Crippen LogP contribution in [0.1, 0.15) is 46.4 Å². The van der Waals surface area contributed by atoms with E-state index in [2.05, 4.69) is 10.6 Å². The maximum absolute atomic E-state index is 11.7. The highest BCUT2D eigenvalue weighted by Crippen LogP contribution is 2.20. The first kappa shape index (κ1) is 14.2. The van der Waals surface area contributed by atoms with E-state index in [0.29, 0.717) is 29.8 Å². The molecule has 0 aromatic heterocycles. The first-order valence-corrected chi connectivity index (χ1v) is 6.61. The van der Waals surface area contributed by atoms with Crippen molar-refractivity contribution in [1.82, 2.24) is 5.32 Å². The van der Waals surface area contributed by atoms with Crippen molar-refractivity contribution in [1.29, 1.82) is 0 Å². The van der Waals surface area contributed by atoms with Crippen LogP contribution in [0.4, 0.5) is 5.69 Å². The van der Waals surface area contributed by atoms with Gasteiger partial charge in [-0.05, 0) is 37.6 Å². The molecule has 0 spiro atoms. The van der Waals surface area contributed by atoms with E-state index in [1.807, 2.05) is 0 Å². The van der Waals surface area contributed by atoms with Crippen LogP contribution in [0.3, 0.4) is 0 Å². The number of nitrogens with one attached hydrogen (secondary N) is 2. The monoisotopic (exact) mass is 275 g/mol. The maximum atomic E-state index is 11.7. The maximum Gasteiger partial charge on any atom is 0.259 e. The molecule has 0 fully saturated rings. The van der Waals surface area contributed by atoms with Gasteiger partial charge < -0.3 is 11.1 Å². The zero-order valence-electron chi connectivity index (χ0n) is 11.1. The van der Waals surface area contributed by atoms with Crippen molar-refractivity contribution in [3.8, 4) is 0 Å². The highest BCUT2D eigenvalue weighted by Gasteiger charge is 2.26.